The average Bonchev–Trinajstić information content (AvgIpc) is 2.73. The molecule has 0 aliphatic heterocycles. The van der Waals surface area contributed by atoms with Gasteiger partial charge in [0.2, 0.25) is 0 Å². The van der Waals surface area contributed by atoms with E-state index in [1.807, 2.05) is 24.3 Å². The van der Waals surface area contributed by atoms with Gasteiger partial charge in [-0.1, -0.05) is 22.0 Å². The second-order valence-corrected chi connectivity index (χ2v) is 5.00. The minimum absolute atomic E-state index is 0.0112. The highest BCUT2D eigenvalue weighted by molar-refractivity contribution is 9.10. The maximum absolute atomic E-state index is 11.6. The van der Waals surface area contributed by atoms with Crippen molar-refractivity contribution in [1.29, 1.82) is 0 Å². The van der Waals surface area contributed by atoms with E-state index in [1.165, 1.54) is 0 Å². The molecule has 0 saturated carbocycles. The number of benzene rings is 2. The van der Waals surface area contributed by atoms with Gasteiger partial charge in [-0.05, 0) is 36.7 Å². The van der Waals surface area contributed by atoms with Crippen LogP contribution in [0, 0.1) is 0 Å². The molecule has 0 fully saturated rings. The Morgan fingerprint density at radius 3 is 2.50 bits per heavy atom. The number of carbonyl (C=O) groups excluding carboxylic acids is 1. The second-order valence-electron chi connectivity index (χ2n) is 4.08. The largest absolute Gasteiger partial charge is 0.456 e. The van der Waals surface area contributed by atoms with Crippen LogP contribution in [0.1, 0.15) is 10.4 Å². The van der Waals surface area contributed by atoms with Crippen LogP contribution in [0.15, 0.2) is 45.3 Å². The summed E-state index contributed by atoms with van der Waals surface area (Å²) in [6.45, 7) is 0. The van der Waals surface area contributed by atoms with Crippen molar-refractivity contribution in [2.75, 3.05) is 0 Å². The Hall–Kier alpha value is -1.55. The molecule has 0 aliphatic rings. The normalized spacial score (nSPS) is 11.2. The van der Waals surface area contributed by atoms with Crippen LogP contribution in [0.4, 0.5) is 0 Å². The number of rotatable bonds is 2. The van der Waals surface area contributed by atoms with Gasteiger partial charge in [0, 0.05) is 20.8 Å². The van der Waals surface area contributed by atoms with Crippen LogP contribution in [-0.2, 0) is 0 Å². The van der Waals surface area contributed by atoms with Crippen molar-refractivity contribution in [3.05, 3.63) is 46.4 Å². The van der Waals surface area contributed by atoms with Crippen molar-refractivity contribution in [1.82, 2.24) is 0 Å². The standard InChI is InChI=1S/C14H8BBrO2/c15-7-12(17)8-1-3-10-11-4-2-9(16)6-14(11)18-13(10)5-8/h1-6H,7H2. The molecular weight excluding hydrogens is 291 g/mol. The zero-order valence-electron chi connectivity index (χ0n) is 9.44. The van der Waals surface area contributed by atoms with E-state index in [4.69, 9.17) is 12.3 Å². The third kappa shape index (κ3) is 1.77. The molecule has 0 N–H and O–H groups in total. The number of hydrogen-bond donors (Lipinski definition) is 0. The van der Waals surface area contributed by atoms with E-state index in [2.05, 4.69) is 15.9 Å². The third-order valence-electron chi connectivity index (χ3n) is 2.94. The molecular formula is C14H8BBrO2. The summed E-state index contributed by atoms with van der Waals surface area (Å²) in [4.78, 5) is 11.6. The van der Waals surface area contributed by atoms with Gasteiger partial charge in [-0.25, -0.2) is 0 Å². The summed E-state index contributed by atoms with van der Waals surface area (Å²) in [6.07, 6.45) is 0.0112. The Labute approximate surface area is 113 Å². The summed E-state index contributed by atoms with van der Waals surface area (Å²) in [5, 5.41) is 2.05. The van der Waals surface area contributed by atoms with Gasteiger partial charge >= 0.3 is 0 Å². The van der Waals surface area contributed by atoms with Gasteiger partial charge in [0.1, 0.15) is 11.2 Å². The van der Waals surface area contributed by atoms with Crippen LogP contribution in [0.2, 0.25) is 6.32 Å². The molecule has 3 aromatic rings. The molecule has 0 saturated heterocycles. The summed E-state index contributed by atoms with van der Waals surface area (Å²) in [5.41, 5.74) is 2.10. The highest BCUT2D eigenvalue weighted by Crippen LogP contribution is 2.31. The molecule has 86 valence electrons. The predicted molar refractivity (Wildman–Crippen MR) is 76.3 cm³/mol. The minimum Gasteiger partial charge on any atom is -0.456 e. The Kier molecular flexibility index (Phi) is 2.75. The van der Waals surface area contributed by atoms with E-state index in [0.717, 1.165) is 20.8 Å². The van der Waals surface area contributed by atoms with Crippen molar-refractivity contribution >= 4 is 51.5 Å². The molecule has 0 aliphatic carbocycles. The molecule has 0 spiro atoms. The summed E-state index contributed by atoms with van der Waals surface area (Å²) >= 11 is 3.41. The number of ketones is 1. The van der Waals surface area contributed by atoms with E-state index < -0.39 is 0 Å². The van der Waals surface area contributed by atoms with E-state index >= 15 is 0 Å². The fraction of sp³-hybridized carbons (Fsp3) is 0.0714. The lowest BCUT2D eigenvalue weighted by molar-refractivity contribution is 0.101. The Balaban J connectivity index is 2.29. The van der Waals surface area contributed by atoms with Crippen molar-refractivity contribution in [2.45, 2.75) is 6.32 Å². The van der Waals surface area contributed by atoms with E-state index in [9.17, 15) is 4.79 Å². The Morgan fingerprint density at radius 1 is 1.11 bits per heavy atom. The lowest BCUT2D eigenvalue weighted by atomic mass is 9.95. The molecule has 0 amide bonds. The van der Waals surface area contributed by atoms with Crippen molar-refractivity contribution in [3.8, 4) is 0 Å². The molecule has 2 aromatic carbocycles. The van der Waals surface area contributed by atoms with Crippen molar-refractivity contribution < 1.29 is 9.21 Å². The molecule has 4 heteroatoms. The first-order valence-electron chi connectivity index (χ1n) is 5.54. The fourth-order valence-electron chi connectivity index (χ4n) is 2.04. The van der Waals surface area contributed by atoms with Crippen LogP contribution < -0.4 is 0 Å². The quantitative estimate of drug-likeness (QED) is 0.526. The first kappa shape index (κ1) is 11.5. The summed E-state index contributed by atoms with van der Waals surface area (Å²) < 4.78 is 6.71. The average molecular weight is 299 g/mol. The number of hydrogen-bond acceptors (Lipinski definition) is 2. The predicted octanol–water partition coefficient (Wildman–Crippen LogP) is 4.12. The SMILES string of the molecule is [B]CC(=O)c1ccc2c(c1)oc1cc(Br)ccc12. The van der Waals surface area contributed by atoms with Crippen LogP contribution in [0.5, 0.6) is 0 Å². The van der Waals surface area contributed by atoms with Gasteiger partial charge in [-0.15, -0.1) is 0 Å². The first-order valence-corrected chi connectivity index (χ1v) is 6.33. The molecule has 0 atom stereocenters. The number of halogens is 1. The monoisotopic (exact) mass is 298 g/mol. The molecule has 2 nitrogen and oxygen atoms in total. The summed E-state index contributed by atoms with van der Waals surface area (Å²) in [5.74, 6) is -0.0847. The molecule has 1 aromatic heterocycles. The molecule has 2 radical (unpaired) electrons. The van der Waals surface area contributed by atoms with Gasteiger partial charge in [0.25, 0.3) is 0 Å². The fourth-order valence-corrected chi connectivity index (χ4v) is 2.38. The maximum atomic E-state index is 11.6. The second kappa shape index (κ2) is 4.28. The number of Topliss-reactive ketones (excluding diaryl/α,β-unsaturated/α-hetero) is 1. The maximum Gasteiger partial charge on any atom is 0.154 e. The molecule has 0 unspecified atom stereocenters. The molecule has 0 bridgehead atoms. The van der Waals surface area contributed by atoms with Gasteiger partial charge < -0.3 is 4.42 Å². The lowest BCUT2D eigenvalue weighted by Crippen LogP contribution is -1.96. The lowest BCUT2D eigenvalue weighted by Gasteiger charge is -1.96. The van der Waals surface area contributed by atoms with Gasteiger partial charge in [0.05, 0.1) is 7.85 Å². The van der Waals surface area contributed by atoms with Gasteiger partial charge in [-0.2, -0.15) is 0 Å². The highest BCUT2D eigenvalue weighted by Gasteiger charge is 2.10. The van der Waals surface area contributed by atoms with Gasteiger partial charge in [0.15, 0.2) is 5.78 Å². The van der Waals surface area contributed by atoms with Crippen molar-refractivity contribution in [2.24, 2.45) is 0 Å². The van der Waals surface area contributed by atoms with Crippen molar-refractivity contribution in [3.63, 3.8) is 0 Å². The third-order valence-corrected chi connectivity index (χ3v) is 3.44. The topological polar surface area (TPSA) is 30.2 Å². The number of furan rings is 1. The van der Waals surface area contributed by atoms with Gasteiger partial charge in [-0.3, -0.25) is 4.79 Å². The zero-order chi connectivity index (χ0) is 12.7. The summed E-state index contributed by atoms with van der Waals surface area (Å²) in [6, 6.07) is 11.3. The van der Waals surface area contributed by atoms with E-state index in [1.54, 1.807) is 12.1 Å². The minimum atomic E-state index is -0.0847. The van der Waals surface area contributed by atoms with E-state index in [0.29, 0.717) is 11.1 Å². The van der Waals surface area contributed by atoms with Crippen LogP contribution in [0.25, 0.3) is 21.9 Å². The smallest absolute Gasteiger partial charge is 0.154 e. The number of carbonyl (C=O) groups is 1. The van der Waals surface area contributed by atoms with Crippen LogP contribution in [-0.4, -0.2) is 13.6 Å². The Morgan fingerprint density at radius 2 is 1.78 bits per heavy atom. The number of fused-ring (bicyclic) bond motifs is 3. The summed E-state index contributed by atoms with van der Waals surface area (Å²) in [7, 11) is 5.36. The zero-order valence-corrected chi connectivity index (χ0v) is 11.0. The highest BCUT2D eigenvalue weighted by atomic mass is 79.9. The van der Waals surface area contributed by atoms with E-state index in [-0.39, 0.29) is 12.1 Å². The molecule has 18 heavy (non-hydrogen) atoms. The molecule has 3 rings (SSSR count). The Bertz CT molecular complexity index is 761. The van der Waals surface area contributed by atoms with Crippen LogP contribution in [0.3, 0.4) is 0 Å². The van der Waals surface area contributed by atoms with Crippen LogP contribution >= 0.6 is 15.9 Å². The first-order chi connectivity index (χ1) is 8.69. The molecule has 1 heterocycles.